The molecule has 0 radical (unpaired) electrons. The largest absolute Gasteiger partial charge is 0.398 e. The number of hydrogen-bond donors (Lipinski definition) is 1. The van der Waals surface area contributed by atoms with Gasteiger partial charge in [0.15, 0.2) is 0 Å². The van der Waals surface area contributed by atoms with E-state index in [1.165, 1.54) is 12.1 Å². The summed E-state index contributed by atoms with van der Waals surface area (Å²) in [7, 11) is 0. The Morgan fingerprint density at radius 3 is 3.13 bits per heavy atom. The molecule has 1 saturated heterocycles. The number of ether oxygens (including phenoxy) is 2. The Hall–Kier alpha value is -1.13. The molecule has 1 unspecified atom stereocenters. The van der Waals surface area contributed by atoms with E-state index in [1.54, 1.807) is 6.07 Å². The molecule has 1 heterocycles. The first kappa shape index (κ1) is 10.4. The Balaban J connectivity index is 1.94. The van der Waals surface area contributed by atoms with E-state index in [0.29, 0.717) is 24.5 Å². The van der Waals surface area contributed by atoms with Crippen LogP contribution >= 0.6 is 0 Å². The summed E-state index contributed by atoms with van der Waals surface area (Å²) in [6.45, 7) is 1.70. The van der Waals surface area contributed by atoms with Gasteiger partial charge in [-0.3, -0.25) is 0 Å². The fourth-order valence-electron chi connectivity index (χ4n) is 1.55. The summed E-state index contributed by atoms with van der Waals surface area (Å²) >= 11 is 0. The van der Waals surface area contributed by atoms with Crippen LogP contribution in [0.3, 0.4) is 0 Å². The van der Waals surface area contributed by atoms with Gasteiger partial charge < -0.3 is 15.2 Å². The van der Waals surface area contributed by atoms with Crippen molar-refractivity contribution in [1.82, 2.24) is 0 Å². The Morgan fingerprint density at radius 2 is 2.40 bits per heavy atom. The molecular formula is C11H14FNO2. The molecule has 15 heavy (non-hydrogen) atoms. The van der Waals surface area contributed by atoms with Gasteiger partial charge in [0.2, 0.25) is 0 Å². The summed E-state index contributed by atoms with van der Waals surface area (Å²) < 4.78 is 23.6. The van der Waals surface area contributed by atoms with Gasteiger partial charge in [0.1, 0.15) is 5.82 Å². The van der Waals surface area contributed by atoms with Crippen molar-refractivity contribution in [3.63, 3.8) is 0 Å². The molecule has 0 bridgehead atoms. The number of benzene rings is 1. The number of nitrogens with two attached hydrogens (primary N) is 1. The van der Waals surface area contributed by atoms with Gasteiger partial charge in [-0.1, -0.05) is 0 Å². The van der Waals surface area contributed by atoms with Crippen molar-refractivity contribution in [3.8, 4) is 0 Å². The van der Waals surface area contributed by atoms with E-state index >= 15 is 0 Å². The quantitative estimate of drug-likeness (QED) is 0.774. The van der Waals surface area contributed by atoms with E-state index in [9.17, 15) is 4.39 Å². The number of rotatable bonds is 3. The maximum Gasteiger partial charge on any atom is 0.123 e. The first-order valence-electron chi connectivity index (χ1n) is 4.99. The topological polar surface area (TPSA) is 44.5 Å². The maximum atomic E-state index is 12.9. The fraction of sp³-hybridized carbons (Fsp3) is 0.455. The first-order valence-corrected chi connectivity index (χ1v) is 4.99. The third-order valence-corrected chi connectivity index (χ3v) is 2.47. The van der Waals surface area contributed by atoms with Gasteiger partial charge in [-0.05, 0) is 24.6 Å². The molecular weight excluding hydrogens is 197 g/mol. The summed E-state index contributed by atoms with van der Waals surface area (Å²) in [5, 5.41) is 0. The molecule has 4 heteroatoms. The molecule has 1 aromatic carbocycles. The van der Waals surface area contributed by atoms with E-state index in [4.69, 9.17) is 15.2 Å². The highest BCUT2D eigenvalue weighted by Gasteiger charge is 2.16. The lowest BCUT2D eigenvalue weighted by Gasteiger charge is -2.11. The fourth-order valence-corrected chi connectivity index (χ4v) is 1.55. The second kappa shape index (κ2) is 4.59. The number of anilines is 1. The van der Waals surface area contributed by atoms with E-state index in [1.807, 2.05) is 0 Å². The van der Waals surface area contributed by atoms with Gasteiger partial charge in [-0.25, -0.2) is 4.39 Å². The molecule has 1 aromatic rings. The van der Waals surface area contributed by atoms with Crippen LogP contribution in [0.15, 0.2) is 18.2 Å². The standard InChI is InChI=1S/C11H14FNO2/c12-9-1-2-11(13)8(5-9)6-15-10-3-4-14-7-10/h1-2,5,10H,3-4,6-7,13H2. The van der Waals surface area contributed by atoms with Gasteiger partial charge in [0.25, 0.3) is 0 Å². The van der Waals surface area contributed by atoms with Gasteiger partial charge in [-0.2, -0.15) is 0 Å². The smallest absolute Gasteiger partial charge is 0.123 e. The van der Waals surface area contributed by atoms with Crippen LogP contribution in [0.2, 0.25) is 0 Å². The van der Waals surface area contributed by atoms with Crippen LogP contribution < -0.4 is 5.73 Å². The van der Waals surface area contributed by atoms with Crippen LogP contribution in [0, 0.1) is 5.82 Å². The molecule has 2 rings (SSSR count). The number of nitrogen functional groups attached to an aromatic ring is 1. The molecule has 1 aliphatic heterocycles. The Labute approximate surface area is 88.0 Å². The van der Waals surface area contributed by atoms with E-state index in [2.05, 4.69) is 0 Å². The van der Waals surface area contributed by atoms with E-state index in [-0.39, 0.29) is 11.9 Å². The minimum Gasteiger partial charge on any atom is -0.398 e. The van der Waals surface area contributed by atoms with Crippen LogP contribution in [-0.4, -0.2) is 19.3 Å². The summed E-state index contributed by atoms with van der Waals surface area (Å²) in [4.78, 5) is 0. The summed E-state index contributed by atoms with van der Waals surface area (Å²) in [6.07, 6.45) is 1.02. The molecule has 2 N–H and O–H groups in total. The van der Waals surface area contributed by atoms with Crippen LogP contribution in [0.25, 0.3) is 0 Å². The Morgan fingerprint density at radius 1 is 1.53 bits per heavy atom. The highest BCUT2D eigenvalue weighted by atomic mass is 19.1. The van der Waals surface area contributed by atoms with Crippen LogP contribution in [-0.2, 0) is 16.1 Å². The van der Waals surface area contributed by atoms with E-state index in [0.717, 1.165) is 13.0 Å². The molecule has 3 nitrogen and oxygen atoms in total. The average molecular weight is 211 g/mol. The molecule has 0 spiro atoms. The predicted molar refractivity (Wildman–Crippen MR) is 54.8 cm³/mol. The van der Waals surface area contributed by atoms with Gasteiger partial charge in [0, 0.05) is 17.9 Å². The van der Waals surface area contributed by atoms with Crippen LogP contribution in [0.4, 0.5) is 10.1 Å². The molecule has 82 valence electrons. The minimum atomic E-state index is -0.287. The first-order chi connectivity index (χ1) is 7.25. The van der Waals surface area contributed by atoms with Crippen molar-refractivity contribution in [2.75, 3.05) is 18.9 Å². The molecule has 1 aliphatic rings. The maximum absolute atomic E-state index is 12.9. The third kappa shape index (κ3) is 2.67. The Kier molecular flexibility index (Phi) is 3.18. The molecule has 0 saturated carbocycles. The van der Waals surface area contributed by atoms with Gasteiger partial charge >= 0.3 is 0 Å². The lowest BCUT2D eigenvalue weighted by atomic mass is 10.2. The van der Waals surface area contributed by atoms with Gasteiger partial charge in [0.05, 0.1) is 19.3 Å². The minimum absolute atomic E-state index is 0.118. The normalized spacial score (nSPS) is 20.7. The highest BCUT2D eigenvalue weighted by molar-refractivity contribution is 5.46. The molecule has 0 amide bonds. The average Bonchev–Trinajstić information content (AvgIpc) is 2.72. The lowest BCUT2D eigenvalue weighted by molar-refractivity contribution is 0.0319. The summed E-state index contributed by atoms with van der Waals surface area (Å²) in [6, 6.07) is 4.31. The zero-order valence-electron chi connectivity index (χ0n) is 8.41. The number of halogens is 1. The molecule has 0 aliphatic carbocycles. The van der Waals surface area contributed by atoms with Gasteiger partial charge in [-0.15, -0.1) is 0 Å². The van der Waals surface area contributed by atoms with Crippen molar-refractivity contribution >= 4 is 5.69 Å². The zero-order valence-corrected chi connectivity index (χ0v) is 8.41. The number of hydrogen-bond acceptors (Lipinski definition) is 3. The lowest BCUT2D eigenvalue weighted by Crippen LogP contribution is -2.12. The van der Waals surface area contributed by atoms with Crippen molar-refractivity contribution in [3.05, 3.63) is 29.6 Å². The SMILES string of the molecule is Nc1ccc(F)cc1COC1CCOC1. The second-order valence-corrected chi connectivity index (χ2v) is 3.64. The Bertz CT molecular complexity index is 337. The predicted octanol–water partition coefficient (Wildman–Crippen LogP) is 1.71. The molecule has 0 aromatic heterocycles. The summed E-state index contributed by atoms with van der Waals surface area (Å²) in [5.74, 6) is -0.287. The van der Waals surface area contributed by atoms with Crippen LogP contribution in [0.1, 0.15) is 12.0 Å². The monoisotopic (exact) mass is 211 g/mol. The van der Waals surface area contributed by atoms with Crippen molar-refractivity contribution in [2.45, 2.75) is 19.1 Å². The van der Waals surface area contributed by atoms with Crippen molar-refractivity contribution in [1.29, 1.82) is 0 Å². The highest BCUT2D eigenvalue weighted by Crippen LogP contribution is 2.17. The third-order valence-electron chi connectivity index (χ3n) is 2.47. The van der Waals surface area contributed by atoms with Crippen molar-refractivity contribution < 1.29 is 13.9 Å². The molecule has 1 atom stereocenters. The summed E-state index contributed by atoms with van der Waals surface area (Å²) in [5.41, 5.74) is 6.96. The molecule has 1 fully saturated rings. The second-order valence-electron chi connectivity index (χ2n) is 3.64. The van der Waals surface area contributed by atoms with Crippen molar-refractivity contribution in [2.24, 2.45) is 0 Å². The zero-order chi connectivity index (χ0) is 10.7. The van der Waals surface area contributed by atoms with E-state index < -0.39 is 0 Å². The van der Waals surface area contributed by atoms with Crippen LogP contribution in [0.5, 0.6) is 0 Å².